The number of ether oxygens (including phenoxy) is 2. The molecule has 1 aromatic carbocycles. The summed E-state index contributed by atoms with van der Waals surface area (Å²) in [5.41, 5.74) is 0.770. The van der Waals surface area contributed by atoms with Crippen LogP contribution < -0.4 is 14.8 Å². The smallest absolute Gasteiger partial charge is 0.341 e. The molecular weight excluding hydrogens is 345 g/mol. The van der Waals surface area contributed by atoms with Crippen molar-refractivity contribution in [1.82, 2.24) is 5.32 Å². The summed E-state index contributed by atoms with van der Waals surface area (Å²) >= 11 is 0. The molecule has 1 aliphatic rings. The molecule has 0 unspecified atom stereocenters. The summed E-state index contributed by atoms with van der Waals surface area (Å²) in [7, 11) is 1.48. The van der Waals surface area contributed by atoms with Gasteiger partial charge in [0.2, 0.25) is 5.91 Å². The van der Waals surface area contributed by atoms with Gasteiger partial charge in [0.15, 0.2) is 18.1 Å². The molecule has 2 rings (SSSR count). The van der Waals surface area contributed by atoms with E-state index in [1.165, 1.54) is 13.2 Å². The number of aliphatic carboxylic acids is 1. The normalized spacial score (nSPS) is 19.5. The van der Waals surface area contributed by atoms with E-state index >= 15 is 0 Å². The van der Waals surface area contributed by atoms with E-state index in [0.717, 1.165) is 37.2 Å². The summed E-state index contributed by atoms with van der Waals surface area (Å²) in [6.07, 6.45) is 7.58. The van der Waals surface area contributed by atoms with Crippen LogP contribution in [0.25, 0.3) is 6.08 Å². The molecule has 137 valence electrons. The van der Waals surface area contributed by atoms with Crippen molar-refractivity contribution in [1.29, 1.82) is 0 Å². The monoisotopic (exact) mass is 370 g/mol. The Morgan fingerprint density at radius 3 is 2.54 bits per heavy atom. The second-order valence-corrected chi connectivity index (χ2v) is 6.39. The predicted molar refractivity (Wildman–Crippen MR) is 100 cm³/mol. The Kier molecular flexibility index (Phi) is 9.76. The van der Waals surface area contributed by atoms with Crippen LogP contribution in [0.2, 0.25) is 0 Å². The molecule has 2 N–H and O–H groups in total. The largest absolute Gasteiger partial charge is 0.493 e. The minimum atomic E-state index is -1.06. The number of methoxy groups -OCH3 is 1. The topological polar surface area (TPSA) is 84.9 Å². The fraction of sp³-hybridized carbons (Fsp3) is 0.474. The maximum absolute atomic E-state index is 12.0. The van der Waals surface area contributed by atoms with Crippen molar-refractivity contribution in [2.24, 2.45) is 5.92 Å². The van der Waals surface area contributed by atoms with Crippen LogP contribution in [-0.2, 0) is 9.59 Å². The predicted octanol–water partition coefficient (Wildman–Crippen LogP) is 2.49. The Morgan fingerprint density at radius 2 is 1.92 bits per heavy atom. The number of carboxylic acid groups (broad SMARTS) is 1. The molecule has 1 fully saturated rings. The number of hydrogen-bond donors (Lipinski definition) is 2. The van der Waals surface area contributed by atoms with Gasteiger partial charge in [-0.3, -0.25) is 4.79 Å². The second kappa shape index (κ2) is 11.3. The minimum Gasteiger partial charge on any atom is -0.493 e. The first-order valence-electron chi connectivity index (χ1n) is 8.49. The fourth-order valence-corrected chi connectivity index (χ4v) is 2.87. The van der Waals surface area contributed by atoms with Gasteiger partial charge in [0, 0.05) is 41.7 Å². The van der Waals surface area contributed by atoms with Gasteiger partial charge in [-0.25, -0.2) is 4.79 Å². The van der Waals surface area contributed by atoms with E-state index in [1.807, 2.05) is 0 Å². The van der Waals surface area contributed by atoms with Gasteiger partial charge in [0.25, 0.3) is 0 Å². The van der Waals surface area contributed by atoms with Crippen molar-refractivity contribution in [2.75, 3.05) is 13.7 Å². The molecule has 1 saturated carbocycles. The van der Waals surface area contributed by atoms with Crippen molar-refractivity contribution in [3.63, 3.8) is 0 Å². The molecule has 1 amide bonds. The Morgan fingerprint density at radius 1 is 1.23 bits per heavy atom. The number of benzene rings is 1. The van der Waals surface area contributed by atoms with Crippen LogP contribution in [0.1, 0.15) is 38.2 Å². The maximum Gasteiger partial charge on any atom is 0.341 e. The summed E-state index contributed by atoms with van der Waals surface area (Å²) in [5, 5.41) is 11.7. The third-order valence-corrected chi connectivity index (χ3v) is 4.33. The van der Waals surface area contributed by atoms with Gasteiger partial charge in [-0.1, -0.05) is 13.0 Å². The molecule has 6 nitrogen and oxygen atoms in total. The number of carboxylic acids is 1. The zero-order chi connectivity index (χ0) is 18.2. The van der Waals surface area contributed by atoms with Gasteiger partial charge in [-0.05, 0) is 55.4 Å². The molecule has 0 atom stereocenters. The van der Waals surface area contributed by atoms with Crippen LogP contribution in [0.4, 0.5) is 0 Å². The number of carbonyl (C=O) groups excluding carboxylic acids is 1. The van der Waals surface area contributed by atoms with E-state index in [-0.39, 0.29) is 41.5 Å². The summed E-state index contributed by atoms with van der Waals surface area (Å²) in [6, 6.07) is 5.33. The summed E-state index contributed by atoms with van der Waals surface area (Å²) in [5.74, 6) is 0.357. The van der Waals surface area contributed by atoms with Gasteiger partial charge < -0.3 is 19.9 Å². The van der Waals surface area contributed by atoms with Gasteiger partial charge in [-0.15, -0.1) is 0 Å². The molecule has 0 heterocycles. The average Bonchev–Trinajstić information content (AvgIpc) is 2.60. The Hall–Kier alpha value is -1.50. The van der Waals surface area contributed by atoms with Gasteiger partial charge >= 0.3 is 5.97 Å². The van der Waals surface area contributed by atoms with Crippen molar-refractivity contribution in [3.05, 3.63) is 29.8 Å². The van der Waals surface area contributed by atoms with Crippen molar-refractivity contribution in [3.8, 4) is 11.5 Å². The SMILES string of the molecule is COc1cc(C=CC(=O)N[C@H]2CC[C@H](C)CC2)ccc1OCC(=O)O.[Na]. The number of amides is 1. The molecule has 1 aliphatic carbocycles. The van der Waals surface area contributed by atoms with Crippen molar-refractivity contribution < 1.29 is 24.2 Å². The van der Waals surface area contributed by atoms with E-state index in [1.54, 1.807) is 24.3 Å². The number of nitrogens with one attached hydrogen (secondary N) is 1. The molecule has 0 spiro atoms. The van der Waals surface area contributed by atoms with Crippen LogP contribution in [0.3, 0.4) is 0 Å². The van der Waals surface area contributed by atoms with Crippen LogP contribution in [0.15, 0.2) is 24.3 Å². The molecule has 0 aromatic heterocycles. The molecule has 1 radical (unpaired) electrons. The fourth-order valence-electron chi connectivity index (χ4n) is 2.87. The quantitative estimate of drug-likeness (QED) is 0.569. The van der Waals surface area contributed by atoms with Crippen LogP contribution in [-0.4, -0.2) is 66.3 Å². The Balaban J connectivity index is 0.00000338. The van der Waals surface area contributed by atoms with E-state index < -0.39 is 12.6 Å². The Labute approximate surface area is 176 Å². The molecule has 0 saturated heterocycles. The Bertz CT molecular complexity index is 639. The first-order chi connectivity index (χ1) is 12.0. The molecule has 7 heteroatoms. The van der Waals surface area contributed by atoms with Gasteiger partial charge in [-0.2, -0.15) is 0 Å². The molecule has 0 bridgehead atoms. The molecule has 26 heavy (non-hydrogen) atoms. The van der Waals surface area contributed by atoms with Gasteiger partial charge in [0.05, 0.1) is 7.11 Å². The molecule has 0 aliphatic heterocycles. The van der Waals surface area contributed by atoms with E-state index in [0.29, 0.717) is 11.5 Å². The first kappa shape index (κ1) is 22.5. The standard InChI is InChI=1S/C19H25NO5.Na/c1-13-3-7-15(8-4-13)20-18(21)10-6-14-5-9-16(17(11-14)24-2)25-12-19(22)23;/h5-6,9-11,13,15H,3-4,7-8,12H2,1-2H3,(H,20,21)(H,22,23);/t13-,15-;. The minimum absolute atomic E-state index is 0. The summed E-state index contributed by atoms with van der Waals surface area (Å²) < 4.78 is 10.4. The van der Waals surface area contributed by atoms with E-state index in [2.05, 4.69) is 12.2 Å². The maximum atomic E-state index is 12.0. The number of carbonyl (C=O) groups is 2. The van der Waals surface area contributed by atoms with Crippen LogP contribution in [0.5, 0.6) is 11.5 Å². The number of rotatable bonds is 7. The van der Waals surface area contributed by atoms with Crippen LogP contribution >= 0.6 is 0 Å². The van der Waals surface area contributed by atoms with Crippen LogP contribution in [0, 0.1) is 5.92 Å². The van der Waals surface area contributed by atoms with Gasteiger partial charge in [0.1, 0.15) is 0 Å². The molecule has 1 aromatic rings. The first-order valence-corrected chi connectivity index (χ1v) is 8.49. The molecular formula is C19H25NNaO5. The third-order valence-electron chi connectivity index (χ3n) is 4.33. The van der Waals surface area contributed by atoms with Crippen molar-refractivity contribution >= 4 is 47.5 Å². The third kappa shape index (κ3) is 7.40. The van der Waals surface area contributed by atoms with E-state index in [4.69, 9.17) is 14.6 Å². The van der Waals surface area contributed by atoms with Crippen molar-refractivity contribution in [2.45, 2.75) is 38.6 Å². The zero-order valence-corrected chi connectivity index (χ0v) is 17.7. The van der Waals surface area contributed by atoms with E-state index in [9.17, 15) is 9.59 Å². The summed E-state index contributed by atoms with van der Waals surface area (Å²) in [6.45, 7) is 1.81. The summed E-state index contributed by atoms with van der Waals surface area (Å²) in [4.78, 5) is 22.6. The second-order valence-electron chi connectivity index (χ2n) is 6.39. The average molecular weight is 370 g/mol. The zero-order valence-electron chi connectivity index (χ0n) is 15.7. The number of hydrogen-bond acceptors (Lipinski definition) is 4.